The summed E-state index contributed by atoms with van der Waals surface area (Å²) in [6, 6.07) is 10.7. The van der Waals surface area contributed by atoms with E-state index >= 15 is 0 Å². The largest absolute Gasteiger partial charge is 0.330 e. The van der Waals surface area contributed by atoms with Crippen molar-refractivity contribution in [2.24, 2.45) is 11.7 Å². The second-order valence-corrected chi connectivity index (χ2v) is 4.83. The maximum Gasteiger partial charge on any atom is 0.0124 e. The summed E-state index contributed by atoms with van der Waals surface area (Å²) in [6.07, 6.45) is 11.9. The second kappa shape index (κ2) is 6.36. The third-order valence-electron chi connectivity index (χ3n) is 3.48. The predicted molar refractivity (Wildman–Crippen MR) is 78.4 cm³/mol. The van der Waals surface area contributed by atoms with Gasteiger partial charge in [-0.15, -0.1) is 0 Å². The van der Waals surface area contributed by atoms with Crippen LogP contribution in [0.5, 0.6) is 0 Å². The Labute approximate surface area is 110 Å². The zero-order valence-corrected chi connectivity index (χ0v) is 10.9. The minimum Gasteiger partial charge on any atom is -0.330 e. The molecule has 1 nitrogen and oxygen atoms in total. The van der Waals surface area contributed by atoms with E-state index in [2.05, 4.69) is 67.6 Å². The van der Waals surface area contributed by atoms with Crippen LogP contribution in [-0.4, -0.2) is 6.54 Å². The standard InChI is InChI=1S/C17H21N/c1-14(13-18)17(16-11-7-4-8-12-16)15-9-5-2-3-6-10-15/h2-5,7-12,14,17H,6,13,18H2,1H3/t14-,17?/m0/s1. The van der Waals surface area contributed by atoms with Crippen LogP contribution in [0.3, 0.4) is 0 Å². The first-order valence-electron chi connectivity index (χ1n) is 6.61. The van der Waals surface area contributed by atoms with Crippen molar-refractivity contribution in [3.8, 4) is 0 Å². The maximum absolute atomic E-state index is 5.89. The average molecular weight is 239 g/mol. The molecule has 1 aliphatic rings. The maximum atomic E-state index is 5.89. The van der Waals surface area contributed by atoms with Gasteiger partial charge in [0.25, 0.3) is 0 Å². The Morgan fingerprint density at radius 3 is 2.67 bits per heavy atom. The molecule has 0 spiro atoms. The number of nitrogens with two attached hydrogens (primary N) is 1. The van der Waals surface area contributed by atoms with Crippen LogP contribution < -0.4 is 5.73 Å². The predicted octanol–water partition coefficient (Wildman–Crippen LogP) is 3.81. The Bertz CT molecular complexity index is 454. The van der Waals surface area contributed by atoms with E-state index in [1.807, 2.05) is 0 Å². The van der Waals surface area contributed by atoms with Gasteiger partial charge < -0.3 is 5.73 Å². The van der Waals surface area contributed by atoms with Gasteiger partial charge in [0, 0.05) is 5.92 Å². The Balaban J connectivity index is 2.34. The summed E-state index contributed by atoms with van der Waals surface area (Å²) in [6.45, 7) is 2.93. The van der Waals surface area contributed by atoms with E-state index in [9.17, 15) is 0 Å². The second-order valence-electron chi connectivity index (χ2n) is 4.83. The summed E-state index contributed by atoms with van der Waals surface area (Å²) in [5.41, 5.74) is 8.62. The summed E-state index contributed by atoms with van der Waals surface area (Å²) in [7, 11) is 0. The van der Waals surface area contributed by atoms with Gasteiger partial charge in [0.05, 0.1) is 0 Å². The lowest BCUT2D eigenvalue weighted by atomic mass is 9.81. The summed E-state index contributed by atoms with van der Waals surface area (Å²) < 4.78 is 0. The van der Waals surface area contributed by atoms with E-state index in [0.29, 0.717) is 18.4 Å². The minimum absolute atomic E-state index is 0.396. The van der Waals surface area contributed by atoms with Gasteiger partial charge >= 0.3 is 0 Å². The quantitative estimate of drug-likeness (QED) is 0.849. The molecule has 0 saturated heterocycles. The highest BCUT2D eigenvalue weighted by molar-refractivity contribution is 5.38. The van der Waals surface area contributed by atoms with Crippen LogP contribution in [0.15, 0.2) is 66.3 Å². The van der Waals surface area contributed by atoms with Crippen LogP contribution in [0.4, 0.5) is 0 Å². The summed E-state index contributed by atoms with van der Waals surface area (Å²) in [4.78, 5) is 0. The highest BCUT2D eigenvalue weighted by atomic mass is 14.5. The molecule has 94 valence electrons. The van der Waals surface area contributed by atoms with Crippen molar-refractivity contribution >= 4 is 0 Å². The van der Waals surface area contributed by atoms with Crippen molar-refractivity contribution in [3.63, 3.8) is 0 Å². The van der Waals surface area contributed by atoms with Gasteiger partial charge in [-0.3, -0.25) is 0 Å². The smallest absolute Gasteiger partial charge is 0.0124 e. The van der Waals surface area contributed by atoms with Gasteiger partial charge in [0.15, 0.2) is 0 Å². The Hall–Kier alpha value is -1.60. The van der Waals surface area contributed by atoms with Crippen LogP contribution in [0.1, 0.15) is 24.8 Å². The lowest BCUT2D eigenvalue weighted by molar-refractivity contribution is 0.522. The molecule has 0 radical (unpaired) electrons. The number of rotatable bonds is 4. The van der Waals surface area contributed by atoms with Gasteiger partial charge in [-0.2, -0.15) is 0 Å². The first-order chi connectivity index (χ1) is 8.83. The highest BCUT2D eigenvalue weighted by Crippen LogP contribution is 2.33. The highest BCUT2D eigenvalue weighted by Gasteiger charge is 2.20. The van der Waals surface area contributed by atoms with Crippen molar-refractivity contribution in [2.45, 2.75) is 19.3 Å². The van der Waals surface area contributed by atoms with Crippen molar-refractivity contribution in [3.05, 3.63) is 71.8 Å². The molecule has 0 saturated carbocycles. The SMILES string of the molecule is C[C@@H](CN)C(C1=CCC=CC=C1)c1ccccc1. The molecule has 0 aromatic heterocycles. The van der Waals surface area contributed by atoms with Gasteiger partial charge in [0.2, 0.25) is 0 Å². The van der Waals surface area contributed by atoms with E-state index in [1.54, 1.807) is 0 Å². The minimum atomic E-state index is 0.396. The fourth-order valence-corrected chi connectivity index (χ4v) is 2.47. The van der Waals surface area contributed by atoms with Crippen LogP contribution in [-0.2, 0) is 0 Å². The fourth-order valence-electron chi connectivity index (χ4n) is 2.47. The molecular formula is C17H21N. The van der Waals surface area contributed by atoms with E-state index in [1.165, 1.54) is 11.1 Å². The zero-order valence-electron chi connectivity index (χ0n) is 10.9. The molecule has 0 amide bonds. The molecule has 1 aromatic carbocycles. The van der Waals surface area contributed by atoms with E-state index < -0.39 is 0 Å². The van der Waals surface area contributed by atoms with Crippen LogP contribution in [0.2, 0.25) is 0 Å². The monoisotopic (exact) mass is 239 g/mol. The number of benzene rings is 1. The van der Waals surface area contributed by atoms with Gasteiger partial charge in [-0.05, 0) is 30.0 Å². The molecule has 1 aromatic rings. The first kappa shape index (κ1) is 12.8. The lowest BCUT2D eigenvalue weighted by Crippen LogP contribution is -2.20. The molecule has 2 rings (SSSR count). The first-order valence-corrected chi connectivity index (χ1v) is 6.61. The third kappa shape index (κ3) is 2.99. The Kier molecular flexibility index (Phi) is 4.54. The molecular weight excluding hydrogens is 218 g/mol. The van der Waals surface area contributed by atoms with Crippen LogP contribution in [0, 0.1) is 5.92 Å². The zero-order chi connectivity index (χ0) is 12.8. The molecule has 0 heterocycles. The van der Waals surface area contributed by atoms with Gasteiger partial charge in [0.1, 0.15) is 0 Å². The summed E-state index contributed by atoms with van der Waals surface area (Å²) in [5.74, 6) is 0.841. The van der Waals surface area contributed by atoms with Gasteiger partial charge in [-0.25, -0.2) is 0 Å². The van der Waals surface area contributed by atoms with Crippen LogP contribution >= 0.6 is 0 Å². The van der Waals surface area contributed by atoms with Crippen molar-refractivity contribution < 1.29 is 0 Å². The molecule has 2 N–H and O–H groups in total. The van der Waals surface area contributed by atoms with Crippen molar-refractivity contribution in [2.75, 3.05) is 6.54 Å². The molecule has 18 heavy (non-hydrogen) atoms. The molecule has 1 heteroatoms. The Morgan fingerprint density at radius 1 is 1.17 bits per heavy atom. The Morgan fingerprint density at radius 2 is 1.94 bits per heavy atom. The van der Waals surface area contributed by atoms with E-state index in [0.717, 1.165) is 6.42 Å². The van der Waals surface area contributed by atoms with Crippen LogP contribution in [0.25, 0.3) is 0 Å². The van der Waals surface area contributed by atoms with Gasteiger partial charge in [-0.1, -0.05) is 67.6 Å². The normalized spacial score (nSPS) is 18.0. The molecule has 1 unspecified atom stereocenters. The third-order valence-corrected chi connectivity index (χ3v) is 3.48. The van der Waals surface area contributed by atoms with Crippen molar-refractivity contribution in [1.82, 2.24) is 0 Å². The number of hydrogen-bond acceptors (Lipinski definition) is 1. The molecule has 2 atom stereocenters. The molecule has 0 bridgehead atoms. The molecule has 0 fully saturated rings. The molecule has 1 aliphatic carbocycles. The summed E-state index contributed by atoms with van der Waals surface area (Å²) >= 11 is 0. The molecule has 0 aliphatic heterocycles. The van der Waals surface area contributed by atoms with E-state index in [4.69, 9.17) is 5.73 Å². The number of allylic oxidation sites excluding steroid dienone is 6. The van der Waals surface area contributed by atoms with Crippen molar-refractivity contribution in [1.29, 1.82) is 0 Å². The van der Waals surface area contributed by atoms with E-state index in [-0.39, 0.29) is 0 Å². The summed E-state index contributed by atoms with van der Waals surface area (Å²) in [5, 5.41) is 0. The topological polar surface area (TPSA) is 26.0 Å². The number of hydrogen-bond donors (Lipinski definition) is 1. The average Bonchev–Trinajstić information content (AvgIpc) is 2.69. The lowest BCUT2D eigenvalue weighted by Gasteiger charge is -2.25. The fraction of sp³-hybridized carbons (Fsp3) is 0.294.